The van der Waals surface area contributed by atoms with Crippen molar-refractivity contribution in [2.45, 2.75) is 45.4 Å². The normalized spacial score (nSPS) is 15.5. The van der Waals surface area contributed by atoms with E-state index < -0.39 is 0 Å². The molecule has 0 saturated heterocycles. The van der Waals surface area contributed by atoms with Crippen molar-refractivity contribution in [2.24, 2.45) is 0 Å². The van der Waals surface area contributed by atoms with Crippen molar-refractivity contribution in [3.63, 3.8) is 0 Å². The van der Waals surface area contributed by atoms with E-state index in [4.69, 9.17) is 0 Å². The molecular weight excluding hydrogens is 276 g/mol. The fourth-order valence-corrected chi connectivity index (χ4v) is 4.37. The second-order valence-electron chi connectivity index (χ2n) is 8.31. The monoisotopic (exact) mass is 300 g/mol. The summed E-state index contributed by atoms with van der Waals surface area (Å²) in [5.74, 6) is 0. The fraction of sp³-hybridized carbons (Fsp3) is 0.304. The van der Waals surface area contributed by atoms with Gasteiger partial charge in [-0.2, -0.15) is 0 Å². The van der Waals surface area contributed by atoms with Crippen LogP contribution < -0.4 is 0 Å². The Kier molecular flexibility index (Phi) is 2.82. The molecule has 23 heavy (non-hydrogen) atoms. The van der Waals surface area contributed by atoms with Crippen LogP contribution in [0.3, 0.4) is 0 Å². The number of rotatable bonds is 0. The van der Waals surface area contributed by atoms with Gasteiger partial charge < -0.3 is 0 Å². The van der Waals surface area contributed by atoms with Gasteiger partial charge in [-0.25, -0.2) is 0 Å². The molecule has 0 aliphatic heterocycles. The van der Waals surface area contributed by atoms with Gasteiger partial charge in [-0.1, -0.05) is 89.2 Å². The Bertz CT molecular complexity index is 920. The summed E-state index contributed by atoms with van der Waals surface area (Å²) >= 11 is 0. The quantitative estimate of drug-likeness (QED) is 0.448. The predicted octanol–water partition coefficient (Wildman–Crippen LogP) is 6.44. The largest absolute Gasteiger partial charge is 0.0616 e. The minimum atomic E-state index is 0.0371. The second kappa shape index (κ2) is 4.47. The Morgan fingerprint density at radius 1 is 0.696 bits per heavy atom. The van der Waals surface area contributed by atoms with E-state index in [0.717, 1.165) is 0 Å². The van der Waals surface area contributed by atoms with E-state index in [-0.39, 0.29) is 10.8 Å². The third kappa shape index (κ3) is 1.91. The molecule has 0 bridgehead atoms. The summed E-state index contributed by atoms with van der Waals surface area (Å²) in [4.78, 5) is 0. The van der Waals surface area contributed by atoms with E-state index in [1.807, 2.05) is 0 Å². The zero-order chi connectivity index (χ0) is 16.4. The van der Waals surface area contributed by atoms with Crippen LogP contribution in [0.25, 0.3) is 21.9 Å². The van der Waals surface area contributed by atoms with Gasteiger partial charge in [-0.15, -0.1) is 0 Å². The van der Waals surface area contributed by atoms with Gasteiger partial charge in [0, 0.05) is 5.41 Å². The highest BCUT2D eigenvalue weighted by molar-refractivity contribution is 5.97. The van der Waals surface area contributed by atoms with Crippen LogP contribution in [0.5, 0.6) is 0 Å². The van der Waals surface area contributed by atoms with E-state index >= 15 is 0 Å². The Hall–Kier alpha value is -2.08. The molecule has 0 heteroatoms. The summed E-state index contributed by atoms with van der Waals surface area (Å²) in [5.41, 5.74) is 7.50. The highest BCUT2D eigenvalue weighted by Crippen LogP contribution is 2.53. The first-order chi connectivity index (χ1) is 10.8. The average Bonchev–Trinajstić information content (AvgIpc) is 2.75. The maximum absolute atomic E-state index is 2.39. The van der Waals surface area contributed by atoms with Gasteiger partial charge in [0.1, 0.15) is 0 Å². The second-order valence-corrected chi connectivity index (χ2v) is 8.31. The SMILES string of the molecule is CC(C)(C)c1cccc2c1C(C)(C)c1c-2ccc2ccccc12. The Balaban J connectivity index is 2.14. The molecule has 1 aliphatic carbocycles. The lowest BCUT2D eigenvalue weighted by Gasteiger charge is -2.30. The van der Waals surface area contributed by atoms with Crippen molar-refractivity contribution in [3.05, 3.63) is 71.3 Å². The molecule has 0 unspecified atom stereocenters. The van der Waals surface area contributed by atoms with Gasteiger partial charge in [0.2, 0.25) is 0 Å². The van der Waals surface area contributed by atoms with Crippen LogP contribution in [-0.2, 0) is 10.8 Å². The van der Waals surface area contributed by atoms with E-state index in [1.54, 1.807) is 0 Å². The molecule has 0 atom stereocenters. The smallest absolute Gasteiger partial charge is 0.0167 e. The summed E-state index contributed by atoms with van der Waals surface area (Å²) in [6, 6.07) is 20.2. The van der Waals surface area contributed by atoms with Crippen molar-refractivity contribution >= 4 is 10.8 Å². The van der Waals surface area contributed by atoms with Gasteiger partial charge in [0.25, 0.3) is 0 Å². The predicted molar refractivity (Wildman–Crippen MR) is 100 cm³/mol. The molecule has 0 saturated carbocycles. The zero-order valence-corrected chi connectivity index (χ0v) is 14.7. The lowest BCUT2D eigenvalue weighted by Crippen LogP contribution is -2.23. The molecule has 0 spiro atoms. The third-order valence-electron chi connectivity index (χ3n) is 5.34. The Morgan fingerprint density at radius 2 is 1.39 bits per heavy atom. The minimum absolute atomic E-state index is 0.0371. The number of fused-ring (bicyclic) bond motifs is 5. The highest BCUT2D eigenvalue weighted by Gasteiger charge is 2.40. The van der Waals surface area contributed by atoms with Crippen molar-refractivity contribution in [1.82, 2.24) is 0 Å². The topological polar surface area (TPSA) is 0 Å². The van der Waals surface area contributed by atoms with Crippen molar-refractivity contribution < 1.29 is 0 Å². The van der Waals surface area contributed by atoms with Crippen LogP contribution in [0.4, 0.5) is 0 Å². The number of hydrogen-bond donors (Lipinski definition) is 0. The Labute approximate surface area is 139 Å². The van der Waals surface area contributed by atoms with Crippen molar-refractivity contribution in [2.75, 3.05) is 0 Å². The molecule has 116 valence electrons. The van der Waals surface area contributed by atoms with Gasteiger partial charge in [0.15, 0.2) is 0 Å². The lowest BCUT2D eigenvalue weighted by molar-refractivity contribution is 0.558. The molecule has 0 heterocycles. The van der Waals surface area contributed by atoms with Gasteiger partial charge in [0.05, 0.1) is 0 Å². The first kappa shape index (κ1) is 14.5. The van der Waals surface area contributed by atoms with Crippen LogP contribution in [0.1, 0.15) is 51.3 Å². The van der Waals surface area contributed by atoms with E-state index in [1.165, 1.54) is 38.6 Å². The molecule has 0 amide bonds. The minimum Gasteiger partial charge on any atom is -0.0616 e. The zero-order valence-electron chi connectivity index (χ0n) is 14.7. The van der Waals surface area contributed by atoms with Crippen LogP contribution in [0.15, 0.2) is 54.6 Å². The van der Waals surface area contributed by atoms with E-state index in [0.29, 0.717) is 0 Å². The summed E-state index contributed by atoms with van der Waals surface area (Å²) in [6.45, 7) is 11.7. The summed E-state index contributed by atoms with van der Waals surface area (Å²) < 4.78 is 0. The lowest BCUT2D eigenvalue weighted by atomic mass is 9.73. The maximum atomic E-state index is 2.39. The van der Waals surface area contributed by atoms with Crippen LogP contribution in [0, 0.1) is 0 Å². The summed E-state index contributed by atoms with van der Waals surface area (Å²) in [5, 5.41) is 2.73. The molecule has 1 aliphatic rings. The first-order valence-electron chi connectivity index (χ1n) is 8.48. The summed E-state index contributed by atoms with van der Waals surface area (Å²) in [7, 11) is 0. The first-order valence-corrected chi connectivity index (χ1v) is 8.48. The summed E-state index contributed by atoms with van der Waals surface area (Å²) in [6.07, 6.45) is 0. The third-order valence-corrected chi connectivity index (χ3v) is 5.34. The molecule has 0 fully saturated rings. The van der Waals surface area contributed by atoms with Crippen LogP contribution >= 0.6 is 0 Å². The van der Waals surface area contributed by atoms with E-state index in [9.17, 15) is 0 Å². The maximum Gasteiger partial charge on any atom is 0.0167 e. The van der Waals surface area contributed by atoms with Crippen LogP contribution in [0.2, 0.25) is 0 Å². The molecule has 0 aromatic heterocycles. The molecule has 0 radical (unpaired) electrons. The molecule has 0 N–H and O–H groups in total. The molecule has 0 nitrogen and oxygen atoms in total. The number of benzene rings is 3. The Morgan fingerprint density at radius 3 is 2.13 bits per heavy atom. The molecular formula is C23H24. The fourth-order valence-electron chi connectivity index (χ4n) is 4.37. The molecule has 3 aromatic rings. The van der Waals surface area contributed by atoms with Crippen molar-refractivity contribution in [3.8, 4) is 11.1 Å². The van der Waals surface area contributed by atoms with Crippen molar-refractivity contribution in [1.29, 1.82) is 0 Å². The molecule has 4 rings (SSSR count). The van der Waals surface area contributed by atoms with Crippen LogP contribution in [-0.4, -0.2) is 0 Å². The van der Waals surface area contributed by atoms with E-state index in [2.05, 4.69) is 89.2 Å². The average molecular weight is 300 g/mol. The highest BCUT2D eigenvalue weighted by atomic mass is 14.4. The van der Waals surface area contributed by atoms with Gasteiger partial charge in [-0.3, -0.25) is 0 Å². The standard InChI is InChI=1S/C23H24/c1-22(2,3)19-12-8-11-17-18-14-13-15-9-6-7-10-16(15)20(18)23(4,5)21(17)19/h6-14H,1-5H3. The molecule has 3 aromatic carbocycles. The van der Waals surface area contributed by atoms with Gasteiger partial charge >= 0.3 is 0 Å². The number of hydrogen-bond acceptors (Lipinski definition) is 0. The van der Waals surface area contributed by atoms with Gasteiger partial charge in [-0.05, 0) is 44.0 Å².